The lowest BCUT2D eigenvalue weighted by molar-refractivity contribution is -0.119. The van der Waals surface area contributed by atoms with Gasteiger partial charge < -0.3 is 19.9 Å². The summed E-state index contributed by atoms with van der Waals surface area (Å²) in [5.41, 5.74) is 0.985. The zero-order valence-corrected chi connectivity index (χ0v) is 19.6. The van der Waals surface area contributed by atoms with Gasteiger partial charge in [-0.05, 0) is 70.8 Å². The molecule has 2 aliphatic rings. The Balaban J connectivity index is 1.34. The number of carbonyl (C=O) groups excluding carboxylic acids is 3. The lowest BCUT2D eigenvalue weighted by Crippen LogP contribution is -2.50. The SMILES string of the molecule is CC(C)(C)OC(=O)N1CCN(CCCNC(=O)c2ccc(N3CCCCC3=O)cc2)CC1. The van der Waals surface area contributed by atoms with Gasteiger partial charge in [0.25, 0.3) is 5.91 Å². The van der Waals surface area contributed by atoms with Crippen LogP contribution in [0.25, 0.3) is 0 Å². The number of amides is 3. The van der Waals surface area contributed by atoms with Crippen LogP contribution >= 0.6 is 0 Å². The molecule has 0 radical (unpaired) electrons. The lowest BCUT2D eigenvalue weighted by atomic mass is 10.1. The summed E-state index contributed by atoms with van der Waals surface area (Å²) in [5, 5.41) is 2.97. The zero-order chi connectivity index (χ0) is 23.1. The van der Waals surface area contributed by atoms with Crippen molar-refractivity contribution in [1.82, 2.24) is 15.1 Å². The van der Waals surface area contributed by atoms with Gasteiger partial charge in [-0.2, -0.15) is 0 Å². The summed E-state index contributed by atoms with van der Waals surface area (Å²) in [4.78, 5) is 42.5. The molecule has 2 saturated heterocycles. The van der Waals surface area contributed by atoms with Crippen LogP contribution in [0.5, 0.6) is 0 Å². The molecule has 8 nitrogen and oxygen atoms in total. The molecule has 176 valence electrons. The molecule has 1 N–H and O–H groups in total. The first-order chi connectivity index (χ1) is 15.2. The molecule has 3 rings (SSSR count). The third-order valence-electron chi connectivity index (χ3n) is 5.73. The van der Waals surface area contributed by atoms with E-state index in [1.807, 2.05) is 32.9 Å². The lowest BCUT2D eigenvalue weighted by Gasteiger charge is -2.35. The molecule has 1 aromatic rings. The third-order valence-corrected chi connectivity index (χ3v) is 5.73. The molecule has 0 bridgehead atoms. The number of anilines is 1. The Morgan fingerprint density at radius 1 is 1.00 bits per heavy atom. The third kappa shape index (κ3) is 6.95. The number of nitrogens with zero attached hydrogens (tertiary/aromatic N) is 3. The molecule has 0 unspecified atom stereocenters. The second-order valence-corrected chi connectivity index (χ2v) is 9.47. The second-order valence-electron chi connectivity index (χ2n) is 9.47. The molecule has 3 amide bonds. The molecule has 0 aromatic heterocycles. The Hall–Kier alpha value is -2.61. The maximum absolute atomic E-state index is 12.4. The molecule has 0 saturated carbocycles. The molecule has 0 atom stereocenters. The number of benzene rings is 1. The quantitative estimate of drug-likeness (QED) is 0.683. The summed E-state index contributed by atoms with van der Waals surface area (Å²) in [5.74, 6) is 0.0524. The predicted octanol–water partition coefficient (Wildman–Crippen LogP) is 2.88. The van der Waals surface area contributed by atoms with Gasteiger partial charge in [0.2, 0.25) is 5.91 Å². The fourth-order valence-electron chi connectivity index (χ4n) is 3.96. The number of hydrogen-bond acceptors (Lipinski definition) is 5. The van der Waals surface area contributed by atoms with Crippen molar-refractivity contribution < 1.29 is 19.1 Å². The average Bonchev–Trinajstić information content (AvgIpc) is 2.76. The summed E-state index contributed by atoms with van der Waals surface area (Å²) in [7, 11) is 0. The van der Waals surface area contributed by atoms with Crippen molar-refractivity contribution in [3.8, 4) is 0 Å². The summed E-state index contributed by atoms with van der Waals surface area (Å²) in [6.45, 7) is 10.8. The standard InChI is InChI=1S/C24H36N4O4/c1-24(2,3)32-23(31)27-17-15-26(16-18-27)13-6-12-25-22(30)19-8-10-20(11-9-19)28-14-5-4-7-21(28)29/h8-11H,4-7,12-18H2,1-3H3,(H,25,30). The van der Waals surface area contributed by atoms with Gasteiger partial charge in [-0.3, -0.25) is 14.5 Å². The molecule has 2 heterocycles. The zero-order valence-electron chi connectivity index (χ0n) is 19.6. The van der Waals surface area contributed by atoms with Crippen LogP contribution in [0.3, 0.4) is 0 Å². The van der Waals surface area contributed by atoms with Crippen LogP contribution < -0.4 is 10.2 Å². The summed E-state index contributed by atoms with van der Waals surface area (Å²) >= 11 is 0. The van der Waals surface area contributed by atoms with Gasteiger partial charge in [0.1, 0.15) is 5.60 Å². The Kier molecular flexibility index (Phi) is 8.12. The Bertz CT molecular complexity index is 795. The van der Waals surface area contributed by atoms with Crippen molar-refractivity contribution in [2.24, 2.45) is 0 Å². The first-order valence-corrected chi connectivity index (χ1v) is 11.6. The number of nitrogens with one attached hydrogen (secondary N) is 1. The highest BCUT2D eigenvalue weighted by Crippen LogP contribution is 2.21. The van der Waals surface area contributed by atoms with Gasteiger partial charge in [-0.1, -0.05) is 0 Å². The highest BCUT2D eigenvalue weighted by molar-refractivity contribution is 5.96. The Labute approximate surface area is 190 Å². The summed E-state index contributed by atoms with van der Waals surface area (Å²) in [6.07, 6.45) is 3.16. The van der Waals surface area contributed by atoms with Crippen molar-refractivity contribution in [1.29, 1.82) is 0 Å². The van der Waals surface area contributed by atoms with Crippen LogP contribution in [0.15, 0.2) is 24.3 Å². The smallest absolute Gasteiger partial charge is 0.410 e. The van der Waals surface area contributed by atoms with Gasteiger partial charge in [0.15, 0.2) is 0 Å². The molecule has 0 spiro atoms. The van der Waals surface area contributed by atoms with Gasteiger partial charge in [0.05, 0.1) is 0 Å². The molecule has 1 aromatic carbocycles. The largest absolute Gasteiger partial charge is 0.444 e. The fraction of sp³-hybridized carbons (Fsp3) is 0.625. The molecular formula is C24H36N4O4. The van der Waals surface area contributed by atoms with Crippen LogP contribution in [-0.2, 0) is 9.53 Å². The van der Waals surface area contributed by atoms with Crippen molar-refractivity contribution >= 4 is 23.6 Å². The molecule has 8 heteroatoms. The highest BCUT2D eigenvalue weighted by Gasteiger charge is 2.25. The monoisotopic (exact) mass is 444 g/mol. The number of ether oxygens (including phenoxy) is 1. The van der Waals surface area contributed by atoms with E-state index in [0.29, 0.717) is 31.6 Å². The van der Waals surface area contributed by atoms with Crippen LogP contribution in [0, 0.1) is 0 Å². The minimum atomic E-state index is -0.474. The van der Waals surface area contributed by atoms with Gasteiger partial charge in [0, 0.05) is 56.9 Å². The minimum absolute atomic E-state index is 0.101. The predicted molar refractivity (Wildman–Crippen MR) is 124 cm³/mol. The van der Waals surface area contributed by atoms with Gasteiger partial charge in [-0.15, -0.1) is 0 Å². The van der Waals surface area contributed by atoms with Crippen molar-refractivity contribution in [3.63, 3.8) is 0 Å². The minimum Gasteiger partial charge on any atom is -0.444 e. The molecule has 0 aliphatic carbocycles. The summed E-state index contributed by atoms with van der Waals surface area (Å²) < 4.78 is 5.43. The molecular weight excluding hydrogens is 408 g/mol. The van der Waals surface area contributed by atoms with Crippen molar-refractivity contribution in [3.05, 3.63) is 29.8 Å². The van der Waals surface area contributed by atoms with E-state index in [0.717, 1.165) is 51.1 Å². The number of hydrogen-bond donors (Lipinski definition) is 1. The molecule has 2 fully saturated rings. The van der Waals surface area contributed by atoms with Crippen molar-refractivity contribution in [2.45, 2.75) is 52.1 Å². The second kappa shape index (κ2) is 10.8. The first-order valence-electron chi connectivity index (χ1n) is 11.6. The van der Waals surface area contributed by atoms with E-state index >= 15 is 0 Å². The Morgan fingerprint density at radius 2 is 1.69 bits per heavy atom. The van der Waals surface area contributed by atoms with E-state index in [2.05, 4.69) is 10.2 Å². The van der Waals surface area contributed by atoms with E-state index in [4.69, 9.17) is 4.74 Å². The molecule has 2 aliphatic heterocycles. The average molecular weight is 445 g/mol. The summed E-state index contributed by atoms with van der Waals surface area (Å²) in [6, 6.07) is 7.26. The van der Waals surface area contributed by atoms with Crippen LogP contribution in [-0.4, -0.2) is 79.1 Å². The van der Waals surface area contributed by atoms with Gasteiger partial charge in [-0.25, -0.2) is 4.79 Å². The van der Waals surface area contributed by atoms with E-state index in [9.17, 15) is 14.4 Å². The van der Waals surface area contributed by atoms with Crippen LogP contribution in [0.1, 0.15) is 56.8 Å². The Morgan fingerprint density at radius 3 is 2.31 bits per heavy atom. The van der Waals surface area contributed by atoms with E-state index in [1.54, 1.807) is 21.9 Å². The maximum Gasteiger partial charge on any atom is 0.410 e. The highest BCUT2D eigenvalue weighted by atomic mass is 16.6. The van der Waals surface area contributed by atoms with E-state index < -0.39 is 5.60 Å². The van der Waals surface area contributed by atoms with E-state index in [-0.39, 0.29) is 17.9 Å². The molecule has 32 heavy (non-hydrogen) atoms. The number of rotatable bonds is 6. The van der Waals surface area contributed by atoms with Crippen LogP contribution in [0.2, 0.25) is 0 Å². The number of piperazine rings is 1. The number of piperidine rings is 1. The van der Waals surface area contributed by atoms with Crippen LogP contribution in [0.4, 0.5) is 10.5 Å². The van der Waals surface area contributed by atoms with E-state index in [1.165, 1.54) is 0 Å². The fourth-order valence-corrected chi connectivity index (χ4v) is 3.96. The van der Waals surface area contributed by atoms with Gasteiger partial charge >= 0.3 is 6.09 Å². The topological polar surface area (TPSA) is 82.2 Å². The maximum atomic E-state index is 12.4. The normalized spacial score (nSPS) is 17.9. The van der Waals surface area contributed by atoms with Crippen molar-refractivity contribution in [2.75, 3.05) is 50.7 Å². The number of carbonyl (C=O) groups is 3. The first kappa shape index (κ1) is 24.0.